The summed E-state index contributed by atoms with van der Waals surface area (Å²) in [5, 5.41) is 11.3. The van der Waals surface area contributed by atoms with E-state index in [-0.39, 0.29) is 17.3 Å². The fraction of sp³-hybridized carbons (Fsp3) is 0.222. The van der Waals surface area contributed by atoms with Gasteiger partial charge in [-0.25, -0.2) is 13.2 Å². The SMILES string of the molecule is N#Cc1cc(F)c(NC2CCN(Cc3ccc(F)cc3)C2=O)c(F)c1. The Morgan fingerprint density at radius 1 is 1.16 bits per heavy atom. The van der Waals surface area contributed by atoms with E-state index in [2.05, 4.69) is 5.32 Å². The van der Waals surface area contributed by atoms with Gasteiger partial charge in [-0.3, -0.25) is 4.79 Å². The highest BCUT2D eigenvalue weighted by molar-refractivity contribution is 5.86. The minimum absolute atomic E-state index is 0.128. The highest BCUT2D eigenvalue weighted by Crippen LogP contribution is 2.25. The Labute approximate surface area is 142 Å². The lowest BCUT2D eigenvalue weighted by Crippen LogP contribution is -2.33. The van der Waals surface area contributed by atoms with Crippen molar-refractivity contribution in [3.63, 3.8) is 0 Å². The van der Waals surface area contributed by atoms with Gasteiger partial charge in [-0.15, -0.1) is 0 Å². The first kappa shape index (κ1) is 16.8. The van der Waals surface area contributed by atoms with E-state index in [0.29, 0.717) is 19.5 Å². The van der Waals surface area contributed by atoms with Crippen molar-refractivity contribution in [2.45, 2.75) is 19.0 Å². The van der Waals surface area contributed by atoms with Crippen LogP contribution in [0, 0.1) is 28.8 Å². The largest absolute Gasteiger partial charge is 0.369 e. The second-order valence-electron chi connectivity index (χ2n) is 5.80. The summed E-state index contributed by atoms with van der Waals surface area (Å²) < 4.78 is 40.8. The van der Waals surface area contributed by atoms with Gasteiger partial charge in [0.1, 0.15) is 17.5 Å². The zero-order chi connectivity index (χ0) is 18.0. The maximum absolute atomic E-state index is 13.9. The summed E-state index contributed by atoms with van der Waals surface area (Å²) >= 11 is 0. The molecule has 1 heterocycles. The number of nitrogens with one attached hydrogen (secondary N) is 1. The molecule has 2 aromatic rings. The first-order valence-electron chi connectivity index (χ1n) is 7.67. The molecule has 2 aromatic carbocycles. The van der Waals surface area contributed by atoms with Crippen LogP contribution in [-0.4, -0.2) is 23.4 Å². The predicted molar refractivity (Wildman–Crippen MR) is 84.9 cm³/mol. The molecule has 1 aliphatic heterocycles. The van der Waals surface area contributed by atoms with Crippen molar-refractivity contribution in [3.05, 3.63) is 65.0 Å². The Morgan fingerprint density at radius 2 is 1.80 bits per heavy atom. The number of carbonyl (C=O) groups is 1. The Balaban J connectivity index is 1.70. The van der Waals surface area contributed by atoms with Gasteiger partial charge in [0.25, 0.3) is 0 Å². The molecule has 0 radical (unpaired) electrons. The van der Waals surface area contributed by atoms with Gasteiger partial charge in [0.15, 0.2) is 11.6 Å². The number of nitrogens with zero attached hydrogens (tertiary/aromatic N) is 2. The number of likely N-dealkylation sites (tertiary alicyclic amines) is 1. The summed E-state index contributed by atoms with van der Waals surface area (Å²) in [6, 6.07) is 8.55. The zero-order valence-electron chi connectivity index (χ0n) is 13.1. The fourth-order valence-corrected chi connectivity index (χ4v) is 2.79. The molecule has 1 unspecified atom stereocenters. The van der Waals surface area contributed by atoms with Crippen LogP contribution < -0.4 is 5.32 Å². The number of amides is 1. The number of hydrogen-bond acceptors (Lipinski definition) is 3. The molecule has 1 fully saturated rings. The molecule has 1 aliphatic rings. The summed E-state index contributed by atoms with van der Waals surface area (Å²) in [5.74, 6) is -2.47. The molecule has 25 heavy (non-hydrogen) atoms. The highest BCUT2D eigenvalue weighted by atomic mass is 19.1. The first-order valence-corrected chi connectivity index (χ1v) is 7.67. The van der Waals surface area contributed by atoms with Gasteiger partial charge in [-0.1, -0.05) is 12.1 Å². The van der Waals surface area contributed by atoms with Crippen LogP contribution in [0.15, 0.2) is 36.4 Å². The predicted octanol–water partition coefficient (Wildman–Crippen LogP) is 3.19. The number of carbonyl (C=O) groups excluding carboxylic acids is 1. The van der Waals surface area contributed by atoms with Crippen molar-refractivity contribution in [1.82, 2.24) is 4.90 Å². The maximum atomic E-state index is 13.9. The van der Waals surface area contributed by atoms with E-state index in [0.717, 1.165) is 17.7 Å². The number of halogens is 3. The number of anilines is 1. The van der Waals surface area contributed by atoms with Crippen LogP contribution in [0.25, 0.3) is 0 Å². The Kier molecular flexibility index (Phi) is 4.61. The van der Waals surface area contributed by atoms with Gasteiger partial charge in [-0.05, 0) is 36.2 Å². The highest BCUT2D eigenvalue weighted by Gasteiger charge is 2.32. The maximum Gasteiger partial charge on any atom is 0.245 e. The summed E-state index contributed by atoms with van der Waals surface area (Å²) in [4.78, 5) is 14.0. The van der Waals surface area contributed by atoms with Crippen LogP contribution in [0.1, 0.15) is 17.5 Å². The molecule has 0 spiro atoms. The van der Waals surface area contributed by atoms with Crippen molar-refractivity contribution in [3.8, 4) is 6.07 Å². The molecule has 7 heteroatoms. The minimum atomic E-state index is -0.915. The zero-order valence-corrected chi connectivity index (χ0v) is 13.1. The number of nitriles is 1. The lowest BCUT2D eigenvalue weighted by molar-refractivity contribution is -0.128. The second-order valence-corrected chi connectivity index (χ2v) is 5.80. The van der Waals surface area contributed by atoms with E-state index in [4.69, 9.17) is 5.26 Å². The smallest absolute Gasteiger partial charge is 0.245 e. The molecular formula is C18H14F3N3O. The molecule has 0 bridgehead atoms. The van der Waals surface area contributed by atoms with E-state index in [1.807, 2.05) is 0 Å². The van der Waals surface area contributed by atoms with E-state index in [1.54, 1.807) is 23.1 Å². The molecule has 1 saturated heterocycles. The standard InChI is InChI=1S/C18H14F3N3O/c19-13-3-1-11(2-4-13)10-24-6-5-16(18(24)25)23-17-14(20)7-12(9-22)8-15(17)21/h1-4,7-8,16,23H,5-6,10H2. The van der Waals surface area contributed by atoms with Crippen molar-refractivity contribution in [2.75, 3.05) is 11.9 Å². The van der Waals surface area contributed by atoms with Gasteiger partial charge in [0.2, 0.25) is 5.91 Å². The van der Waals surface area contributed by atoms with Gasteiger partial charge < -0.3 is 10.2 Å². The van der Waals surface area contributed by atoms with Gasteiger partial charge in [0, 0.05) is 13.1 Å². The molecule has 0 aromatic heterocycles. The Hall–Kier alpha value is -3.01. The quantitative estimate of drug-likeness (QED) is 0.926. The van der Waals surface area contributed by atoms with Crippen molar-refractivity contribution in [2.24, 2.45) is 0 Å². The normalized spacial score (nSPS) is 16.8. The molecule has 3 rings (SSSR count). The van der Waals surface area contributed by atoms with Crippen molar-refractivity contribution < 1.29 is 18.0 Å². The summed E-state index contributed by atoms with van der Waals surface area (Å²) in [6.45, 7) is 0.725. The topological polar surface area (TPSA) is 56.1 Å². The Morgan fingerprint density at radius 3 is 2.40 bits per heavy atom. The average Bonchev–Trinajstić information content (AvgIpc) is 2.93. The first-order chi connectivity index (χ1) is 12.0. The summed E-state index contributed by atoms with van der Waals surface area (Å²) in [5.41, 5.74) is 0.225. The second kappa shape index (κ2) is 6.85. The van der Waals surface area contributed by atoms with E-state index < -0.39 is 23.4 Å². The third-order valence-electron chi connectivity index (χ3n) is 4.07. The minimum Gasteiger partial charge on any atom is -0.369 e. The van der Waals surface area contributed by atoms with Crippen LogP contribution in [0.2, 0.25) is 0 Å². The molecule has 4 nitrogen and oxygen atoms in total. The lowest BCUT2D eigenvalue weighted by Gasteiger charge is -2.18. The molecule has 1 amide bonds. The fourth-order valence-electron chi connectivity index (χ4n) is 2.79. The number of hydrogen-bond donors (Lipinski definition) is 1. The third kappa shape index (κ3) is 3.58. The third-order valence-corrected chi connectivity index (χ3v) is 4.07. The molecule has 128 valence electrons. The van der Waals surface area contributed by atoms with E-state index >= 15 is 0 Å². The monoisotopic (exact) mass is 345 g/mol. The van der Waals surface area contributed by atoms with Gasteiger partial charge in [0.05, 0.1) is 11.6 Å². The van der Waals surface area contributed by atoms with Crippen molar-refractivity contribution in [1.29, 1.82) is 5.26 Å². The summed E-state index contributed by atoms with van der Waals surface area (Å²) in [6.07, 6.45) is 0.388. The molecule has 0 saturated carbocycles. The molecule has 0 aliphatic carbocycles. The van der Waals surface area contributed by atoms with E-state index in [1.165, 1.54) is 12.1 Å². The van der Waals surface area contributed by atoms with Crippen LogP contribution in [-0.2, 0) is 11.3 Å². The van der Waals surface area contributed by atoms with Crippen LogP contribution in [0.3, 0.4) is 0 Å². The van der Waals surface area contributed by atoms with Crippen LogP contribution in [0.5, 0.6) is 0 Å². The molecule has 1 N–H and O–H groups in total. The average molecular weight is 345 g/mol. The van der Waals surface area contributed by atoms with E-state index in [9.17, 15) is 18.0 Å². The van der Waals surface area contributed by atoms with Gasteiger partial charge in [-0.2, -0.15) is 5.26 Å². The van der Waals surface area contributed by atoms with Crippen LogP contribution in [0.4, 0.5) is 18.9 Å². The Bertz CT molecular complexity index is 823. The lowest BCUT2D eigenvalue weighted by atomic mass is 10.1. The summed E-state index contributed by atoms with van der Waals surface area (Å²) in [7, 11) is 0. The number of benzene rings is 2. The number of rotatable bonds is 4. The van der Waals surface area contributed by atoms with Gasteiger partial charge >= 0.3 is 0 Å². The molecular weight excluding hydrogens is 331 g/mol. The molecule has 1 atom stereocenters. The van der Waals surface area contributed by atoms with Crippen molar-refractivity contribution >= 4 is 11.6 Å². The van der Waals surface area contributed by atoms with Crippen LogP contribution >= 0.6 is 0 Å².